The summed E-state index contributed by atoms with van der Waals surface area (Å²) in [4.78, 5) is -0.0792. The van der Waals surface area contributed by atoms with Gasteiger partial charge >= 0.3 is 6.18 Å². The lowest BCUT2D eigenvalue weighted by atomic mass is 10.1. The van der Waals surface area contributed by atoms with Gasteiger partial charge in [0.1, 0.15) is 4.90 Å². The molecular weight excluding hydrogens is 295 g/mol. The summed E-state index contributed by atoms with van der Waals surface area (Å²) in [6.45, 7) is -0.239. The van der Waals surface area contributed by atoms with Crippen molar-refractivity contribution in [2.45, 2.75) is 17.6 Å². The van der Waals surface area contributed by atoms with Gasteiger partial charge < -0.3 is 0 Å². The molecule has 0 saturated carbocycles. The van der Waals surface area contributed by atoms with Crippen molar-refractivity contribution >= 4 is 10.0 Å². The van der Waals surface area contributed by atoms with Crippen molar-refractivity contribution in [2.24, 2.45) is 0 Å². The number of H-pyrrole nitrogens is 1. The lowest BCUT2D eigenvalue weighted by Gasteiger charge is -2.09. The van der Waals surface area contributed by atoms with Crippen molar-refractivity contribution < 1.29 is 21.6 Å². The molecule has 2 aromatic rings. The van der Waals surface area contributed by atoms with E-state index in [0.717, 1.165) is 18.3 Å². The van der Waals surface area contributed by atoms with Crippen LogP contribution in [0.4, 0.5) is 13.2 Å². The van der Waals surface area contributed by atoms with Crippen molar-refractivity contribution in [3.63, 3.8) is 0 Å². The van der Waals surface area contributed by atoms with Gasteiger partial charge in [-0.1, -0.05) is 18.2 Å². The van der Waals surface area contributed by atoms with Crippen LogP contribution in [0.1, 0.15) is 11.1 Å². The SMILES string of the molecule is O=S(=O)(NCc1cccc(C(F)(F)F)c1)c1cn[nH]c1. The first kappa shape index (κ1) is 14.5. The van der Waals surface area contributed by atoms with Gasteiger partial charge in [0, 0.05) is 12.7 Å². The normalized spacial score (nSPS) is 12.6. The summed E-state index contributed by atoms with van der Waals surface area (Å²) in [5.41, 5.74) is -0.607. The van der Waals surface area contributed by atoms with Crippen LogP contribution in [0, 0.1) is 0 Å². The van der Waals surface area contributed by atoms with E-state index in [9.17, 15) is 21.6 Å². The van der Waals surface area contributed by atoms with Crippen LogP contribution in [0.5, 0.6) is 0 Å². The van der Waals surface area contributed by atoms with Crippen molar-refractivity contribution in [3.8, 4) is 0 Å². The number of halogens is 3. The summed E-state index contributed by atoms with van der Waals surface area (Å²) < 4.78 is 63.3. The Labute approximate surface area is 112 Å². The summed E-state index contributed by atoms with van der Waals surface area (Å²) in [6, 6.07) is 4.46. The molecule has 0 aliphatic heterocycles. The number of aromatic nitrogens is 2. The van der Waals surface area contributed by atoms with Crippen LogP contribution >= 0.6 is 0 Å². The van der Waals surface area contributed by atoms with E-state index in [1.807, 2.05) is 0 Å². The van der Waals surface area contributed by atoms with E-state index in [2.05, 4.69) is 14.9 Å². The number of nitrogens with one attached hydrogen (secondary N) is 2. The lowest BCUT2D eigenvalue weighted by Crippen LogP contribution is -2.23. The maximum Gasteiger partial charge on any atom is 0.416 e. The van der Waals surface area contributed by atoms with Crippen molar-refractivity contribution in [1.29, 1.82) is 0 Å². The predicted molar refractivity (Wildman–Crippen MR) is 64.1 cm³/mol. The summed E-state index contributed by atoms with van der Waals surface area (Å²) in [5, 5.41) is 5.84. The Bertz CT molecular complexity index is 681. The maximum absolute atomic E-state index is 12.5. The third kappa shape index (κ3) is 3.36. The minimum absolute atomic E-state index is 0.0792. The Kier molecular flexibility index (Phi) is 3.82. The zero-order valence-electron chi connectivity index (χ0n) is 9.98. The second kappa shape index (κ2) is 5.25. The van der Waals surface area contributed by atoms with Crippen LogP contribution in [0.3, 0.4) is 0 Å². The number of hydrogen-bond donors (Lipinski definition) is 2. The average Bonchev–Trinajstić information content (AvgIpc) is 2.90. The molecule has 0 amide bonds. The molecule has 9 heteroatoms. The van der Waals surface area contributed by atoms with Gasteiger partial charge in [-0.2, -0.15) is 18.3 Å². The molecule has 1 heterocycles. The lowest BCUT2D eigenvalue weighted by molar-refractivity contribution is -0.137. The molecule has 0 saturated heterocycles. The summed E-state index contributed by atoms with van der Waals surface area (Å²) in [7, 11) is -3.79. The number of alkyl halides is 3. The standard InChI is InChI=1S/C11H10F3N3O2S/c12-11(13,14)9-3-1-2-8(4-9)5-17-20(18,19)10-6-15-16-7-10/h1-4,6-7,17H,5H2,(H,15,16). The largest absolute Gasteiger partial charge is 0.416 e. The fourth-order valence-corrected chi connectivity index (χ4v) is 2.43. The Morgan fingerprint density at radius 1 is 1.30 bits per heavy atom. The van der Waals surface area contributed by atoms with Gasteiger partial charge in [-0.05, 0) is 11.6 Å². The average molecular weight is 305 g/mol. The first-order valence-electron chi connectivity index (χ1n) is 5.43. The molecule has 0 aliphatic carbocycles. The molecule has 2 N–H and O–H groups in total. The molecule has 108 valence electrons. The molecule has 2 rings (SSSR count). The number of sulfonamides is 1. The zero-order valence-corrected chi connectivity index (χ0v) is 10.8. The molecule has 0 atom stereocenters. The molecule has 0 spiro atoms. The minimum Gasteiger partial charge on any atom is -0.284 e. The van der Waals surface area contributed by atoms with Gasteiger partial charge in [0.15, 0.2) is 0 Å². The Hall–Kier alpha value is -1.87. The second-order valence-electron chi connectivity index (χ2n) is 3.96. The second-order valence-corrected chi connectivity index (χ2v) is 5.72. The van der Waals surface area contributed by atoms with Crippen LogP contribution in [0.2, 0.25) is 0 Å². The van der Waals surface area contributed by atoms with Gasteiger partial charge in [-0.25, -0.2) is 13.1 Å². The third-order valence-electron chi connectivity index (χ3n) is 2.50. The monoisotopic (exact) mass is 305 g/mol. The van der Waals surface area contributed by atoms with Crippen molar-refractivity contribution in [3.05, 3.63) is 47.8 Å². The molecular formula is C11H10F3N3O2S. The molecule has 0 bridgehead atoms. The number of nitrogens with zero attached hydrogens (tertiary/aromatic N) is 1. The maximum atomic E-state index is 12.5. The minimum atomic E-state index is -4.46. The molecule has 5 nitrogen and oxygen atoms in total. The predicted octanol–water partition coefficient (Wildman–Crippen LogP) is 1.91. The highest BCUT2D eigenvalue weighted by Gasteiger charge is 2.30. The van der Waals surface area contributed by atoms with E-state index in [0.29, 0.717) is 0 Å². The molecule has 0 radical (unpaired) electrons. The van der Waals surface area contributed by atoms with E-state index in [1.54, 1.807) is 0 Å². The third-order valence-corrected chi connectivity index (χ3v) is 3.87. The van der Waals surface area contributed by atoms with Gasteiger partial charge in [-0.15, -0.1) is 0 Å². The van der Waals surface area contributed by atoms with Crippen LogP contribution in [0.25, 0.3) is 0 Å². The quantitative estimate of drug-likeness (QED) is 0.906. The summed E-state index contributed by atoms with van der Waals surface area (Å²) >= 11 is 0. The number of rotatable bonds is 4. The summed E-state index contributed by atoms with van der Waals surface area (Å²) in [5.74, 6) is 0. The van der Waals surface area contributed by atoms with Crippen LogP contribution in [-0.4, -0.2) is 18.6 Å². The molecule has 1 aromatic heterocycles. The highest BCUT2D eigenvalue weighted by molar-refractivity contribution is 7.89. The van der Waals surface area contributed by atoms with Crippen LogP contribution in [-0.2, 0) is 22.7 Å². The van der Waals surface area contributed by atoms with Gasteiger partial charge in [0.05, 0.1) is 11.8 Å². The Morgan fingerprint density at radius 3 is 2.65 bits per heavy atom. The van der Waals surface area contributed by atoms with Crippen molar-refractivity contribution in [1.82, 2.24) is 14.9 Å². The topological polar surface area (TPSA) is 74.8 Å². The van der Waals surface area contributed by atoms with Gasteiger partial charge in [0.2, 0.25) is 10.0 Å². The first-order valence-corrected chi connectivity index (χ1v) is 6.92. The van der Waals surface area contributed by atoms with E-state index in [-0.39, 0.29) is 17.0 Å². The highest BCUT2D eigenvalue weighted by atomic mass is 32.2. The van der Waals surface area contributed by atoms with Crippen molar-refractivity contribution in [2.75, 3.05) is 0 Å². The van der Waals surface area contributed by atoms with E-state index in [1.165, 1.54) is 18.3 Å². The zero-order chi connectivity index (χ0) is 14.8. The fourth-order valence-electron chi connectivity index (χ4n) is 1.51. The molecule has 0 fully saturated rings. The fraction of sp³-hybridized carbons (Fsp3) is 0.182. The van der Waals surface area contributed by atoms with Crippen LogP contribution in [0.15, 0.2) is 41.6 Å². The Morgan fingerprint density at radius 2 is 2.05 bits per heavy atom. The Balaban J connectivity index is 2.12. The number of aromatic amines is 1. The van der Waals surface area contributed by atoms with E-state index >= 15 is 0 Å². The highest BCUT2D eigenvalue weighted by Crippen LogP contribution is 2.29. The molecule has 0 unspecified atom stereocenters. The molecule has 20 heavy (non-hydrogen) atoms. The number of hydrogen-bond acceptors (Lipinski definition) is 3. The molecule has 0 aliphatic rings. The van der Waals surface area contributed by atoms with Gasteiger partial charge in [0.25, 0.3) is 0 Å². The van der Waals surface area contributed by atoms with E-state index < -0.39 is 21.8 Å². The van der Waals surface area contributed by atoms with Gasteiger partial charge in [-0.3, -0.25) is 5.10 Å². The van der Waals surface area contributed by atoms with Crippen LogP contribution < -0.4 is 4.72 Å². The smallest absolute Gasteiger partial charge is 0.284 e. The number of benzene rings is 1. The van der Waals surface area contributed by atoms with E-state index in [4.69, 9.17) is 0 Å². The first-order chi connectivity index (χ1) is 9.29. The summed E-state index contributed by atoms with van der Waals surface area (Å²) in [6.07, 6.45) is -2.18. The molecule has 1 aromatic carbocycles.